The number of hydrogen-bond donors (Lipinski definition) is 3. The molecule has 0 aromatic rings. The van der Waals surface area contributed by atoms with E-state index in [0.29, 0.717) is 12.8 Å². The van der Waals surface area contributed by atoms with Crippen LogP contribution >= 0.6 is 0 Å². The minimum Gasteiger partial charge on any atom is -0.481 e. The van der Waals surface area contributed by atoms with Gasteiger partial charge in [-0.3, -0.25) is 14.4 Å². The summed E-state index contributed by atoms with van der Waals surface area (Å²) in [7, 11) is 0. The average Bonchev–Trinajstić information content (AvgIpc) is 2.37. The number of carbonyl (C=O) groups excluding carboxylic acids is 2. The topological polar surface area (TPSA) is 95.5 Å². The highest BCUT2D eigenvalue weighted by molar-refractivity contribution is 5.89. The first-order chi connectivity index (χ1) is 9.62. The maximum Gasteiger partial charge on any atom is 0.308 e. The highest BCUT2D eigenvalue weighted by Crippen LogP contribution is 2.24. The van der Waals surface area contributed by atoms with Gasteiger partial charge in [-0.15, -0.1) is 0 Å². The third kappa shape index (κ3) is 5.02. The molecule has 6 nitrogen and oxygen atoms in total. The summed E-state index contributed by atoms with van der Waals surface area (Å²) >= 11 is 0. The van der Waals surface area contributed by atoms with Crippen LogP contribution in [0.2, 0.25) is 0 Å². The summed E-state index contributed by atoms with van der Waals surface area (Å²) in [6, 6.07) is -1.02. The Morgan fingerprint density at radius 3 is 2.24 bits per heavy atom. The molecule has 0 saturated heterocycles. The quantitative estimate of drug-likeness (QED) is 0.729. The van der Waals surface area contributed by atoms with Gasteiger partial charge < -0.3 is 15.7 Å². The molecule has 0 aromatic carbocycles. The van der Waals surface area contributed by atoms with Crippen molar-refractivity contribution in [2.75, 3.05) is 0 Å². The summed E-state index contributed by atoms with van der Waals surface area (Å²) in [5, 5.41) is 14.6. The van der Waals surface area contributed by atoms with Crippen molar-refractivity contribution >= 4 is 17.8 Å². The van der Waals surface area contributed by atoms with Gasteiger partial charge in [-0.25, -0.2) is 0 Å². The highest BCUT2D eigenvalue weighted by atomic mass is 16.4. The van der Waals surface area contributed by atoms with E-state index in [9.17, 15) is 19.5 Å². The van der Waals surface area contributed by atoms with E-state index >= 15 is 0 Å². The van der Waals surface area contributed by atoms with Crippen molar-refractivity contribution in [2.45, 2.75) is 65.5 Å². The lowest BCUT2D eigenvalue weighted by Gasteiger charge is -2.30. The Bertz CT molecular complexity index is 414. The van der Waals surface area contributed by atoms with E-state index in [1.54, 1.807) is 27.7 Å². The zero-order valence-corrected chi connectivity index (χ0v) is 13.2. The lowest BCUT2D eigenvalue weighted by molar-refractivity contribution is -0.144. The molecular formula is C15H26N2O4. The molecule has 1 aliphatic carbocycles. The Morgan fingerprint density at radius 2 is 1.71 bits per heavy atom. The predicted octanol–water partition coefficient (Wildman–Crippen LogP) is 1.30. The second-order valence-corrected chi connectivity index (χ2v) is 6.79. The van der Waals surface area contributed by atoms with Crippen LogP contribution in [0.5, 0.6) is 0 Å². The molecule has 0 aromatic heterocycles. The molecule has 0 heterocycles. The van der Waals surface area contributed by atoms with Crippen molar-refractivity contribution in [3.05, 3.63) is 0 Å². The molecule has 0 spiro atoms. The number of carboxylic acids is 1. The smallest absolute Gasteiger partial charge is 0.308 e. The third-order valence-electron chi connectivity index (χ3n) is 3.83. The van der Waals surface area contributed by atoms with Crippen molar-refractivity contribution in [3.8, 4) is 0 Å². The van der Waals surface area contributed by atoms with Crippen LogP contribution in [0.4, 0.5) is 0 Å². The van der Waals surface area contributed by atoms with Crippen LogP contribution in [0.25, 0.3) is 0 Å². The van der Waals surface area contributed by atoms with E-state index in [-0.39, 0.29) is 17.9 Å². The molecule has 1 fully saturated rings. The maximum atomic E-state index is 12.1. The van der Waals surface area contributed by atoms with E-state index < -0.39 is 23.3 Å². The zero-order chi connectivity index (χ0) is 16.2. The Labute approximate surface area is 125 Å². The number of amides is 2. The molecule has 3 atom stereocenters. The van der Waals surface area contributed by atoms with E-state index in [1.807, 2.05) is 0 Å². The molecule has 0 radical (unpaired) electrons. The molecule has 0 aliphatic heterocycles. The molecule has 1 rings (SSSR count). The molecule has 1 aliphatic rings. The molecule has 1 saturated carbocycles. The normalized spacial score (nSPS) is 24.0. The van der Waals surface area contributed by atoms with E-state index in [1.165, 1.54) is 0 Å². The van der Waals surface area contributed by atoms with Gasteiger partial charge in [0.15, 0.2) is 0 Å². The van der Waals surface area contributed by atoms with Crippen LogP contribution in [0.1, 0.15) is 53.4 Å². The molecule has 0 bridgehead atoms. The van der Waals surface area contributed by atoms with Gasteiger partial charge in [0.25, 0.3) is 0 Å². The van der Waals surface area contributed by atoms with Crippen LogP contribution < -0.4 is 10.6 Å². The van der Waals surface area contributed by atoms with Crippen molar-refractivity contribution < 1.29 is 19.5 Å². The summed E-state index contributed by atoms with van der Waals surface area (Å²) in [6.07, 6.45) is 3.04. The Balaban J connectivity index is 2.58. The van der Waals surface area contributed by atoms with Crippen molar-refractivity contribution in [3.63, 3.8) is 0 Å². The molecule has 2 amide bonds. The molecular weight excluding hydrogens is 272 g/mol. The first kappa shape index (κ1) is 17.5. The lowest BCUT2D eigenvalue weighted by atomic mass is 9.84. The summed E-state index contributed by atoms with van der Waals surface area (Å²) in [5.74, 6) is -1.94. The van der Waals surface area contributed by atoms with Crippen molar-refractivity contribution in [1.82, 2.24) is 10.6 Å². The van der Waals surface area contributed by atoms with Gasteiger partial charge in [0.1, 0.15) is 6.04 Å². The van der Waals surface area contributed by atoms with E-state index in [0.717, 1.165) is 12.8 Å². The first-order valence-corrected chi connectivity index (χ1v) is 7.47. The lowest BCUT2D eigenvalue weighted by Crippen LogP contribution is -2.53. The number of hydrogen-bond acceptors (Lipinski definition) is 3. The van der Waals surface area contributed by atoms with E-state index in [4.69, 9.17) is 0 Å². The Kier molecular flexibility index (Phi) is 5.75. The van der Waals surface area contributed by atoms with Crippen LogP contribution in [-0.2, 0) is 14.4 Å². The van der Waals surface area contributed by atoms with Crippen LogP contribution in [0.3, 0.4) is 0 Å². The van der Waals surface area contributed by atoms with Gasteiger partial charge in [0.2, 0.25) is 11.8 Å². The fourth-order valence-electron chi connectivity index (χ4n) is 2.39. The predicted molar refractivity (Wildman–Crippen MR) is 78.6 cm³/mol. The molecule has 6 heteroatoms. The molecule has 120 valence electrons. The Hall–Kier alpha value is -1.59. The SMILES string of the molecule is CC(NC(=O)C(C)(C)C)C(=O)NC1CCCCC1C(=O)O. The van der Waals surface area contributed by atoms with Gasteiger partial charge in [0.05, 0.1) is 5.92 Å². The second-order valence-electron chi connectivity index (χ2n) is 6.79. The monoisotopic (exact) mass is 298 g/mol. The van der Waals surface area contributed by atoms with Gasteiger partial charge in [-0.1, -0.05) is 33.6 Å². The van der Waals surface area contributed by atoms with Gasteiger partial charge in [0, 0.05) is 11.5 Å². The minimum atomic E-state index is -0.869. The number of carboxylic acid groups (broad SMARTS) is 1. The third-order valence-corrected chi connectivity index (χ3v) is 3.83. The van der Waals surface area contributed by atoms with Crippen molar-refractivity contribution in [2.24, 2.45) is 11.3 Å². The average molecular weight is 298 g/mol. The summed E-state index contributed by atoms with van der Waals surface area (Å²) in [4.78, 5) is 35.2. The first-order valence-electron chi connectivity index (χ1n) is 7.47. The Morgan fingerprint density at radius 1 is 1.14 bits per heavy atom. The van der Waals surface area contributed by atoms with Gasteiger partial charge >= 0.3 is 5.97 Å². The van der Waals surface area contributed by atoms with Gasteiger partial charge in [-0.05, 0) is 19.8 Å². The van der Waals surface area contributed by atoms with Crippen LogP contribution in [0.15, 0.2) is 0 Å². The number of nitrogens with one attached hydrogen (secondary N) is 2. The summed E-state index contributed by atoms with van der Waals surface area (Å²) in [5.41, 5.74) is -0.566. The summed E-state index contributed by atoms with van der Waals surface area (Å²) in [6.45, 7) is 6.93. The number of rotatable bonds is 4. The van der Waals surface area contributed by atoms with Crippen molar-refractivity contribution in [1.29, 1.82) is 0 Å². The maximum absolute atomic E-state index is 12.1. The number of carbonyl (C=O) groups is 3. The fraction of sp³-hybridized carbons (Fsp3) is 0.800. The highest BCUT2D eigenvalue weighted by Gasteiger charge is 2.33. The second kappa shape index (κ2) is 6.91. The zero-order valence-electron chi connectivity index (χ0n) is 13.2. The fourth-order valence-corrected chi connectivity index (χ4v) is 2.39. The number of aliphatic carboxylic acids is 1. The minimum absolute atomic E-state index is 0.205. The molecule has 3 N–H and O–H groups in total. The van der Waals surface area contributed by atoms with Crippen LogP contribution in [-0.4, -0.2) is 35.0 Å². The standard InChI is InChI=1S/C15H26N2O4/c1-9(16-14(21)15(2,3)4)12(18)17-11-8-6-5-7-10(11)13(19)20/h9-11H,5-8H2,1-4H3,(H,16,21)(H,17,18)(H,19,20). The van der Waals surface area contributed by atoms with E-state index in [2.05, 4.69) is 10.6 Å². The van der Waals surface area contributed by atoms with Gasteiger partial charge in [-0.2, -0.15) is 0 Å². The molecule has 3 unspecified atom stereocenters. The summed E-state index contributed by atoms with van der Waals surface area (Å²) < 4.78 is 0. The molecule has 21 heavy (non-hydrogen) atoms. The largest absolute Gasteiger partial charge is 0.481 e. The van der Waals surface area contributed by atoms with Crippen LogP contribution in [0, 0.1) is 11.3 Å².